The molecule has 6 heteroatoms. The van der Waals surface area contributed by atoms with Crippen LogP contribution < -0.4 is 15.0 Å². The van der Waals surface area contributed by atoms with E-state index in [0.29, 0.717) is 23.6 Å². The second-order valence-electron chi connectivity index (χ2n) is 6.60. The predicted molar refractivity (Wildman–Crippen MR) is 116 cm³/mol. The van der Waals surface area contributed by atoms with Gasteiger partial charge in [0.1, 0.15) is 11.4 Å². The lowest BCUT2D eigenvalue weighted by molar-refractivity contribution is -0.120. The van der Waals surface area contributed by atoms with Gasteiger partial charge < -0.3 is 10.1 Å². The maximum absolute atomic E-state index is 13.3. The number of thiophene rings is 1. The molecule has 1 N–H and O–H groups in total. The standard InChI is InChI=1S/C23H20N2O3S/c1-3-28-18-10-5-9-17(14-18)25-22(26)20(19-11-6-12-29-19)21(23(25)27)24-16-8-4-7-15(2)13-16/h4-14,24H,3H2,1-2H3. The van der Waals surface area contributed by atoms with Crippen LogP contribution in [0.3, 0.4) is 0 Å². The number of hydrogen-bond acceptors (Lipinski definition) is 5. The molecular formula is C23H20N2O3S. The number of imide groups is 1. The lowest BCUT2D eigenvalue weighted by Crippen LogP contribution is -2.32. The summed E-state index contributed by atoms with van der Waals surface area (Å²) in [5.74, 6) is -0.113. The lowest BCUT2D eigenvalue weighted by Gasteiger charge is -2.16. The van der Waals surface area contributed by atoms with E-state index in [1.165, 1.54) is 16.2 Å². The molecule has 1 aliphatic rings. The van der Waals surface area contributed by atoms with Crippen LogP contribution >= 0.6 is 11.3 Å². The quantitative estimate of drug-likeness (QED) is 0.597. The van der Waals surface area contributed by atoms with E-state index < -0.39 is 0 Å². The zero-order valence-electron chi connectivity index (χ0n) is 16.1. The first-order chi connectivity index (χ1) is 14.1. The highest BCUT2D eigenvalue weighted by Gasteiger charge is 2.40. The number of benzene rings is 2. The van der Waals surface area contributed by atoms with Gasteiger partial charge in [-0.25, -0.2) is 4.90 Å². The van der Waals surface area contributed by atoms with Crippen LogP contribution in [-0.2, 0) is 9.59 Å². The number of carbonyl (C=O) groups excluding carboxylic acids is 2. The number of nitrogens with zero attached hydrogens (tertiary/aromatic N) is 1. The van der Waals surface area contributed by atoms with Gasteiger partial charge in [-0.1, -0.05) is 24.3 Å². The van der Waals surface area contributed by atoms with Gasteiger partial charge in [-0.3, -0.25) is 9.59 Å². The third kappa shape index (κ3) is 3.67. The van der Waals surface area contributed by atoms with E-state index in [1.807, 2.05) is 55.6 Å². The molecule has 2 amide bonds. The van der Waals surface area contributed by atoms with Crippen LogP contribution in [0.15, 0.2) is 71.7 Å². The Balaban J connectivity index is 1.77. The van der Waals surface area contributed by atoms with E-state index in [-0.39, 0.29) is 17.5 Å². The zero-order valence-corrected chi connectivity index (χ0v) is 17.0. The lowest BCUT2D eigenvalue weighted by atomic mass is 10.1. The summed E-state index contributed by atoms with van der Waals surface area (Å²) in [6.07, 6.45) is 0. The molecule has 4 rings (SSSR count). The number of hydrogen-bond donors (Lipinski definition) is 1. The average Bonchev–Trinajstić information content (AvgIpc) is 3.29. The molecule has 29 heavy (non-hydrogen) atoms. The first-order valence-corrected chi connectivity index (χ1v) is 10.2. The summed E-state index contributed by atoms with van der Waals surface area (Å²) in [7, 11) is 0. The smallest absolute Gasteiger partial charge is 0.282 e. The Labute approximate surface area is 173 Å². The highest BCUT2D eigenvalue weighted by Crippen LogP contribution is 2.36. The maximum atomic E-state index is 13.3. The number of amides is 2. The Hall–Kier alpha value is -3.38. The summed E-state index contributed by atoms with van der Waals surface area (Å²) in [5, 5.41) is 5.07. The van der Waals surface area contributed by atoms with Crippen molar-refractivity contribution in [2.45, 2.75) is 13.8 Å². The van der Waals surface area contributed by atoms with Crippen molar-refractivity contribution in [3.63, 3.8) is 0 Å². The van der Waals surface area contributed by atoms with E-state index in [0.717, 1.165) is 16.1 Å². The molecule has 1 aliphatic heterocycles. The fourth-order valence-electron chi connectivity index (χ4n) is 3.28. The molecule has 0 radical (unpaired) electrons. The van der Waals surface area contributed by atoms with Crippen molar-refractivity contribution in [3.05, 3.63) is 82.2 Å². The molecule has 146 valence electrons. The highest BCUT2D eigenvalue weighted by atomic mass is 32.1. The number of nitrogens with one attached hydrogen (secondary N) is 1. The second-order valence-corrected chi connectivity index (χ2v) is 7.55. The van der Waals surface area contributed by atoms with Crippen molar-refractivity contribution in [2.24, 2.45) is 0 Å². The summed E-state index contributed by atoms with van der Waals surface area (Å²) in [6.45, 7) is 4.37. The molecule has 3 aromatic rings. The molecule has 2 heterocycles. The molecule has 2 aromatic carbocycles. The third-order valence-corrected chi connectivity index (χ3v) is 5.41. The van der Waals surface area contributed by atoms with E-state index in [1.54, 1.807) is 24.3 Å². The Bertz CT molecular complexity index is 1100. The summed E-state index contributed by atoms with van der Waals surface area (Å²) in [6, 6.07) is 18.4. The van der Waals surface area contributed by atoms with Gasteiger partial charge in [-0.15, -0.1) is 11.3 Å². The largest absolute Gasteiger partial charge is 0.494 e. The Morgan fingerprint density at radius 1 is 1.00 bits per heavy atom. The molecule has 0 fully saturated rings. The van der Waals surface area contributed by atoms with Gasteiger partial charge in [0.2, 0.25) is 0 Å². The highest BCUT2D eigenvalue weighted by molar-refractivity contribution is 7.11. The summed E-state index contributed by atoms with van der Waals surface area (Å²) < 4.78 is 5.53. The molecule has 0 saturated heterocycles. The van der Waals surface area contributed by atoms with Crippen LogP contribution in [0.25, 0.3) is 5.57 Å². The van der Waals surface area contributed by atoms with Crippen LogP contribution in [0.1, 0.15) is 17.4 Å². The average molecular weight is 404 g/mol. The van der Waals surface area contributed by atoms with Crippen molar-refractivity contribution >= 4 is 40.1 Å². The minimum atomic E-state index is -0.381. The van der Waals surface area contributed by atoms with Crippen LogP contribution in [0.2, 0.25) is 0 Å². The summed E-state index contributed by atoms with van der Waals surface area (Å²) in [5.41, 5.74) is 2.98. The molecule has 0 saturated carbocycles. The monoisotopic (exact) mass is 404 g/mol. The Kier molecular flexibility index (Phi) is 5.18. The van der Waals surface area contributed by atoms with Crippen LogP contribution in [0.5, 0.6) is 5.75 Å². The zero-order chi connectivity index (χ0) is 20.4. The predicted octanol–water partition coefficient (Wildman–Crippen LogP) is 4.85. The van der Waals surface area contributed by atoms with E-state index >= 15 is 0 Å². The van der Waals surface area contributed by atoms with Crippen molar-refractivity contribution in [3.8, 4) is 5.75 Å². The second kappa shape index (κ2) is 7.93. The topological polar surface area (TPSA) is 58.6 Å². The number of aryl methyl sites for hydroxylation is 1. The van der Waals surface area contributed by atoms with Crippen molar-refractivity contribution in [1.82, 2.24) is 0 Å². The Morgan fingerprint density at radius 2 is 1.83 bits per heavy atom. The molecule has 0 atom stereocenters. The van der Waals surface area contributed by atoms with Crippen LogP contribution in [0.4, 0.5) is 11.4 Å². The van der Waals surface area contributed by atoms with Gasteiger partial charge in [-0.2, -0.15) is 0 Å². The summed E-state index contributed by atoms with van der Waals surface area (Å²) >= 11 is 1.43. The molecule has 5 nitrogen and oxygen atoms in total. The van der Waals surface area contributed by atoms with Crippen molar-refractivity contribution in [2.75, 3.05) is 16.8 Å². The van der Waals surface area contributed by atoms with E-state index in [4.69, 9.17) is 4.74 Å². The first-order valence-electron chi connectivity index (χ1n) is 9.32. The van der Waals surface area contributed by atoms with Gasteiger partial charge in [-0.05, 0) is 55.1 Å². The molecule has 0 bridgehead atoms. The van der Waals surface area contributed by atoms with E-state index in [2.05, 4.69) is 5.32 Å². The minimum Gasteiger partial charge on any atom is -0.494 e. The van der Waals surface area contributed by atoms with Crippen molar-refractivity contribution < 1.29 is 14.3 Å². The fraction of sp³-hybridized carbons (Fsp3) is 0.130. The van der Waals surface area contributed by atoms with E-state index in [9.17, 15) is 9.59 Å². The molecular weight excluding hydrogens is 384 g/mol. The van der Waals surface area contributed by atoms with Gasteiger partial charge in [0, 0.05) is 16.6 Å². The van der Waals surface area contributed by atoms with Crippen LogP contribution in [0, 0.1) is 6.92 Å². The van der Waals surface area contributed by atoms with Gasteiger partial charge in [0.25, 0.3) is 11.8 Å². The van der Waals surface area contributed by atoms with Crippen LogP contribution in [-0.4, -0.2) is 18.4 Å². The molecule has 0 aliphatic carbocycles. The number of rotatable bonds is 6. The maximum Gasteiger partial charge on any atom is 0.282 e. The first kappa shape index (κ1) is 19.0. The molecule has 1 aromatic heterocycles. The minimum absolute atomic E-state index is 0.282. The molecule has 0 spiro atoms. The third-order valence-electron chi connectivity index (χ3n) is 4.53. The van der Waals surface area contributed by atoms with Gasteiger partial charge >= 0.3 is 0 Å². The Morgan fingerprint density at radius 3 is 2.55 bits per heavy atom. The normalized spacial score (nSPS) is 13.9. The fourth-order valence-corrected chi connectivity index (χ4v) is 4.04. The van der Waals surface area contributed by atoms with Gasteiger partial charge in [0.15, 0.2) is 0 Å². The van der Waals surface area contributed by atoms with Crippen molar-refractivity contribution in [1.29, 1.82) is 0 Å². The molecule has 0 unspecified atom stereocenters. The number of ether oxygens (including phenoxy) is 1. The summed E-state index contributed by atoms with van der Waals surface area (Å²) in [4.78, 5) is 28.6. The number of carbonyl (C=O) groups is 2. The number of anilines is 2. The SMILES string of the molecule is CCOc1cccc(N2C(=O)C(Nc3cccc(C)c3)=C(c3cccs3)C2=O)c1. The van der Waals surface area contributed by atoms with Gasteiger partial charge in [0.05, 0.1) is 17.9 Å².